The van der Waals surface area contributed by atoms with Crippen LogP contribution in [-0.2, 0) is 4.79 Å². The van der Waals surface area contributed by atoms with Crippen LogP contribution in [0.5, 0.6) is 5.75 Å². The fourth-order valence-corrected chi connectivity index (χ4v) is 4.68. The Morgan fingerprint density at radius 1 is 1.00 bits per heavy atom. The first-order valence-corrected chi connectivity index (χ1v) is 11.5. The van der Waals surface area contributed by atoms with Crippen LogP contribution in [0.3, 0.4) is 0 Å². The lowest BCUT2D eigenvalue weighted by Crippen LogP contribution is -2.35. The molecule has 5 rings (SSSR count). The van der Waals surface area contributed by atoms with Gasteiger partial charge in [0.15, 0.2) is 11.0 Å². The molecule has 0 atom stereocenters. The van der Waals surface area contributed by atoms with E-state index >= 15 is 0 Å². The average Bonchev–Trinajstić information content (AvgIpc) is 3.28. The van der Waals surface area contributed by atoms with Crippen molar-refractivity contribution in [3.63, 3.8) is 0 Å². The molecule has 1 fully saturated rings. The standard InChI is InChI=1S/C24H21N5O3S/c25-20-19(21(30)26-23-29(20)27-24(33-23)28-13-5-2-6-14-28)15-16-9-11-18(12-10-16)32-22(31)17-7-3-1-4-8-17/h1,3-4,7-12,15,25H,2,5-6,13-14H2/b19-15-,25-20?. The lowest BCUT2D eigenvalue weighted by molar-refractivity contribution is -0.114. The van der Waals surface area contributed by atoms with E-state index in [1.165, 1.54) is 23.2 Å². The Labute approximate surface area is 195 Å². The Hall–Kier alpha value is -3.72. The number of hydrazone groups is 1. The summed E-state index contributed by atoms with van der Waals surface area (Å²) in [4.78, 5) is 31.2. The van der Waals surface area contributed by atoms with Crippen molar-refractivity contribution in [1.29, 1.82) is 5.41 Å². The largest absolute Gasteiger partial charge is 0.423 e. The van der Waals surface area contributed by atoms with Crippen LogP contribution in [0.4, 0.5) is 0 Å². The van der Waals surface area contributed by atoms with Crippen LogP contribution < -0.4 is 4.74 Å². The van der Waals surface area contributed by atoms with Crippen molar-refractivity contribution in [3.05, 3.63) is 71.3 Å². The van der Waals surface area contributed by atoms with Crippen molar-refractivity contribution in [2.75, 3.05) is 13.1 Å². The van der Waals surface area contributed by atoms with Gasteiger partial charge in [0.25, 0.3) is 5.91 Å². The number of carbonyl (C=O) groups is 2. The highest BCUT2D eigenvalue weighted by Gasteiger charge is 2.37. The highest BCUT2D eigenvalue weighted by atomic mass is 32.2. The van der Waals surface area contributed by atoms with Crippen molar-refractivity contribution in [3.8, 4) is 5.75 Å². The molecule has 166 valence electrons. The highest BCUT2D eigenvalue weighted by molar-refractivity contribution is 8.26. The number of likely N-dealkylation sites (tertiary alicyclic amines) is 1. The van der Waals surface area contributed by atoms with Gasteiger partial charge in [-0.1, -0.05) is 30.3 Å². The van der Waals surface area contributed by atoms with Crippen LogP contribution in [-0.4, -0.2) is 51.0 Å². The number of piperidine rings is 1. The molecule has 2 aromatic rings. The third kappa shape index (κ3) is 4.45. The molecule has 9 heteroatoms. The molecule has 1 N–H and O–H groups in total. The zero-order chi connectivity index (χ0) is 22.8. The molecule has 33 heavy (non-hydrogen) atoms. The maximum Gasteiger partial charge on any atom is 0.343 e. The molecule has 2 aromatic carbocycles. The molecule has 0 saturated carbocycles. The van der Waals surface area contributed by atoms with Crippen molar-refractivity contribution in [1.82, 2.24) is 9.91 Å². The Morgan fingerprint density at radius 2 is 1.73 bits per heavy atom. The molecule has 3 heterocycles. The van der Waals surface area contributed by atoms with Gasteiger partial charge in [0.2, 0.25) is 5.17 Å². The molecule has 0 spiro atoms. The van der Waals surface area contributed by atoms with Gasteiger partial charge in [0, 0.05) is 13.1 Å². The van der Waals surface area contributed by atoms with E-state index in [0.717, 1.165) is 31.1 Å². The molecule has 0 aliphatic carbocycles. The summed E-state index contributed by atoms with van der Waals surface area (Å²) in [5.74, 6) is -0.512. The smallest absolute Gasteiger partial charge is 0.343 e. The first-order chi connectivity index (χ1) is 16.1. The second-order valence-corrected chi connectivity index (χ2v) is 8.71. The fourth-order valence-electron chi connectivity index (χ4n) is 3.73. The number of rotatable bonds is 3. The topological polar surface area (TPSA) is 98.4 Å². The molecule has 1 amide bonds. The maximum atomic E-state index is 12.6. The molecule has 3 aliphatic rings. The summed E-state index contributed by atoms with van der Waals surface area (Å²) in [6.45, 7) is 1.86. The number of nitrogens with one attached hydrogen (secondary N) is 1. The van der Waals surface area contributed by atoms with Gasteiger partial charge in [-0.2, -0.15) is 10.0 Å². The van der Waals surface area contributed by atoms with Crippen molar-refractivity contribution >= 4 is 45.9 Å². The Bertz CT molecular complexity index is 1200. The van der Waals surface area contributed by atoms with Crippen LogP contribution in [0.2, 0.25) is 0 Å². The molecule has 8 nitrogen and oxygen atoms in total. The minimum absolute atomic E-state index is 0.00379. The van der Waals surface area contributed by atoms with Crippen molar-refractivity contribution < 1.29 is 14.3 Å². The van der Waals surface area contributed by atoms with Crippen LogP contribution in [0, 0.1) is 5.41 Å². The van der Waals surface area contributed by atoms with E-state index in [2.05, 4.69) is 15.0 Å². The number of amidine groups is 3. The second-order valence-electron chi connectivity index (χ2n) is 7.77. The Kier molecular flexibility index (Phi) is 5.78. The third-order valence-electron chi connectivity index (χ3n) is 5.48. The lowest BCUT2D eigenvalue weighted by atomic mass is 10.1. The number of aliphatic imine (C=N–C) groups is 1. The van der Waals surface area contributed by atoms with Gasteiger partial charge in [-0.05, 0) is 66.9 Å². The fraction of sp³-hybridized carbons (Fsp3) is 0.208. The molecular formula is C24H21N5O3S. The number of hydrogen-bond acceptors (Lipinski definition) is 7. The monoisotopic (exact) mass is 459 g/mol. The number of nitrogens with zero attached hydrogens (tertiary/aromatic N) is 4. The predicted molar refractivity (Wildman–Crippen MR) is 128 cm³/mol. The van der Waals surface area contributed by atoms with Crippen LogP contribution in [0.1, 0.15) is 35.2 Å². The van der Waals surface area contributed by atoms with Gasteiger partial charge in [-0.3, -0.25) is 10.2 Å². The van der Waals surface area contributed by atoms with Gasteiger partial charge in [0.05, 0.1) is 11.1 Å². The van der Waals surface area contributed by atoms with Crippen molar-refractivity contribution in [2.45, 2.75) is 19.3 Å². The van der Waals surface area contributed by atoms with Gasteiger partial charge >= 0.3 is 5.97 Å². The number of hydrogen-bond donors (Lipinski definition) is 1. The number of ether oxygens (including phenoxy) is 1. The number of carbonyl (C=O) groups excluding carboxylic acids is 2. The zero-order valence-electron chi connectivity index (χ0n) is 17.7. The van der Waals surface area contributed by atoms with Crippen LogP contribution >= 0.6 is 11.8 Å². The summed E-state index contributed by atoms with van der Waals surface area (Å²) in [6.07, 6.45) is 5.05. The minimum Gasteiger partial charge on any atom is -0.423 e. The van der Waals surface area contributed by atoms with E-state index in [4.69, 9.17) is 10.1 Å². The summed E-state index contributed by atoms with van der Waals surface area (Å²) >= 11 is 1.34. The van der Waals surface area contributed by atoms with Gasteiger partial charge in [-0.25, -0.2) is 4.79 Å². The van der Waals surface area contributed by atoms with Gasteiger partial charge in [0.1, 0.15) is 5.75 Å². The van der Waals surface area contributed by atoms with Gasteiger partial charge < -0.3 is 9.64 Å². The third-order valence-corrected chi connectivity index (χ3v) is 6.45. The quantitative estimate of drug-likeness (QED) is 0.424. The molecular weight excluding hydrogens is 438 g/mol. The number of amides is 1. The second kappa shape index (κ2) is 9.03. The number of benzene rings is 2. The van der Waals surface area contributed by atoms with E-state index in [1.807, 2.05) is 6.07 Å². The van der Waals surface area contributed by atoms with E-state index in [1.54, 1.807) is 54.6 Å². The summed E-state index contributed by atoms with van der Waals surface area (Å²) in [6, 6.07) is 15.5. The molecule has 0 bridgehead atoms. The average molecular weight is 460 g/mol. The summed E-state index contributed by atoms with van der Waals surface area (Å²) in [7, 11) is 0. The van der Waals surface area contributed by atoms with Crippen molar-refractivity contribution in [2.24, 2.45) is 10.1 Å². The number of thioether (sulfide) groups is 1. The Balaban J connectivity index is 1.31. The molecule has 0 aromatic heterocycles. The first kappa shape index (κ1) is 21.1. The summed E-state index contributed by atoms with van der Waals surface area (Å²) < 4.78 is 5.39. The maximum absolute atomic E-state index is 12.6. The minimum atomic E-state index is -0.464. The molecule has 0 unspecified atom stereocenters. The van der Waals surface area contributed by atoms with E-state index in [9.17, 15) is 9.59 Å². The van der Waals surface area contributed by atoms with Crippen LogP contribution in [0.15, 0.2) is 70.3 Å². The zero-order valence-corrected chi connectivity index (χ0v) is 18.5. The highest BCUT2D eigenvalue weighted by Crippen LogP contribution is 2.30. The summed E-state index contributed by atoms with van der Waals surface area (Å²) in [5.41, 5.74) is 1.32. The molecule has 1 saturated heterocycles. The molecule has 3 aliphatic heterocycles. The van der Waals surface area contributed by atoms with Gasteiger partial charge in [-0.15, -0.1) is 5.10 Å². The number of esters is 1. The van der Waals surface area contributed by atoms with E-state index < -0.39 is 11.9 Å². The lowest BCUT2D eigenvalue weighted by Gasteiger charge is -2.26. The molecule has 0 radical (unpaired) electrons. The predicted octanol–water partition coefficient (Wildman–Crippen LogP) is 3.97. The number of fused-ring (bicyclic) bond motifs is 1. The van der Waals surface area contributed by atoms with E-state index in [-0.39, 0.29) is 11.4 Å². The Morgan fingerprint density at radius 3 is 2.45 bits per heavy atom. The summed E-state index contributed by atoms with van der Waals surface area (Å²) in [5, 5.41) is 15.7. The normalized spacial score (nSPS) is 19.3. The first-order valence-electron chi connectivity index (χ1n) is 10.7. The van der Waals surface area contributed by atoms with Crippen LogP contribution in [0.25, 0.3) is 6.08 Å². The van der Waals surface area contributed by atoms with E-state index in [0.29, 0.717) is 22.0 Å². The SMILES string of the molecule is N=C1/C(=C/c2ccc(OC(=O)c3ccccc3)cc2)C(=O)N=C2SC(N3CCCCC3)=NN12.